The van der Waals surface area contributed by atoms with Crippen molar-refractivity contribution in [3.63, 3.8) is 0 Å². The largest absolute Gasteiger partial charge is 0.471 e. The molecule has 2 N–H and O–H groups in total. The van der Waals surface area contributed by atoms with Gasteiger partial charge in [0.15, 0.2) is 0 Å². The summed E-state index contributed by atoms with van der Waals surface area (Å²) in [5.41, 5.74) is 0.970. The maximum absolute atomic E-state index is 12.3. The van der Waals surface area contributed by atoms with Crippen molar-refractivity contribution < 1.29 is 22.8 Å². The van der Waals surface area contributed by atoms with Crippen molar-refractivity contribution in [2.75, 3.05) is 26.0 Å². The quantitative estimate of drug-likeness (QED) is 0.840. The van der Waals surface area contributed by atoms with Gasteiger partial charge in [0.2, 0.25) is 5.91 Å². The Hall–Kier alpha value is -2.09. The monoisotopic (exact) mass is 317 g/mol. The smallest absolute Gasteiger partial charge is 0.334 e. The molecular weight excluding hydrogens is 299 g/mol. The molecule has 0 bridgehead atoms. The van der Waals surface area contributed by atoms with Crippen molar-refractivity contribution in [2.24, 2.45) is 0 Å². The van der Waals surface area contributed by atoms with E-state index in [1.54, 1.807) is 25.2 Å². The van der Waals surface area contributed by atoms with E-state index >= 15 is 0 Å². The van der Waals surface area contributed by atoms with Gasteiger partial charge in [-0.05, 0) is 24.7 Å². The molecule has 1 aromatic rings. The number of rotatable bonds is 6. The van der Waals surface area contributed by atoms with Gasteiger partial charge in [-0.25, -0.2) is 0 Å². The number of carbonyl (C=O) groups excluding carboxylic acids is 2. The Bertz CT molecular complexity index is 532. The average molecular weight is 317 g/mol. The fraction of sp³-hybridized carbons (Fsp3) is 0.429. The first kappa shape index (κ1) is 18.0. The van der Waals surface area contributed by atoms with Crippen molar-refractivity contribution in [1.82, 2.24) is 10.2 Å². The molecule has 5 nitrogen and oxygen atoms in total. The highest BCUT2D eigenvalue weighted by molar-refractivity contribution is 5.90. The molecule has 1 aromatic carbocycles. The molecule has 22 heavy (non-hydrogen) atoms. The number of alkyl halides is 3. The Morgan fingerprint density at radius 3 is 2.55 bits per heavy atom. The van der Waals surface area contributed by atoms with Gasteiger partial charge >= 0.3 is 12.1 Å². The van der Waals surface area contributed by atoms with Crippen LogP contribution in [0, 0.1) is 0 Å². The molecule has 0 radical (unpaired) electrons. The van der Waals surface area contributed by atoms with Crippen LogP contribution in [0.3, 0.4) is 0 Å². The lowest BCUT2D eigenvalue weighted by molar-refractivity contribution is -0.184. The molecule has 0 aliphatic heterocycles. The Morgan fingerprint density at radius 1 is 1.27 bits per heavy atom. The molecular formula is C14H18F3N3O2. The van der Waals surface area contributed by atoms with Crippen molar-refractivity contribution in [2.45, 2.75) is 19.1 Å². The lowest BCUT2D eigenvalue weighted by Crippen LogP contribution is -2.37. The van der Waals surface area contributed by atoms with E-state index in [1.807, 2.05) is 0 Å². The van der Waals surface area contributed by atoms with Gasteiger partial charge in [0.1, 0.15) is 0 Å². The molecule has 0 aliphatic rings. The molecule has 0 aliphatic carbocycles. The number of hydrogen-bond acceptors (Lipinski definition) is 3. The van der Waals surface area contributed by atoms with E-state index in [0.717, 1.165) is 7.05 Å². The van der Waals surface area contributed by atoms with Crippen molar-refractivity contribution in [3.05, 3.63) is 29.8 Å². The van der Waals surface area contributed by atoms with Gasteiger partial charge in [-0.3, -0.25) is 9.59 Å². The van der Waals surface area contributed by atoms with E-state index in [2.05, 4.69) is 10.6 Å². The van der Waals surface area contributed by atoms with Gasteiger partial charge in [0.25, 0.3) is 0 Å². The lowest BCUT2D eigenvalue weighted by Gasteiger charge is -2.19. The predicted octanol–water partition coefficient (Wildman–Crippen LogP) is 1.76. The van der Waals surface area contributed by atoms with E-state index in [1.165, 1.54) is 6.07 Å². The third-order valence-electron chi connectivity index (χ3n) is 2.82. The van der Waals surface area contributed by atoms with Crippen LogP contribution >= 0.6 is 0 Å². The minimum Gasteiger partial charge on any atom is -0.334 e. The number of hydrogen-bond donors (Lipinski definition) is 2. The molecule has 8 heteroatoms. The van der Waals surface area contributed by atoms with Crippen LogP contribution in [0.5, 0.6) is 0 Å². The summed E-state index contributed by atoms with van der Waals surface area (Å²) in [6, 6.07) is 6.36. The second kappa shape index (κ2) is 7.79. The van der Waals surface area contributed by atoms with Gasteiger partial charge in [-0.15, -0.1) is 0 Å². The molecule has 122 valence electrons. The average Bonchev–Trinajstić information content (AvgIpc) is 2.43. The van der Waals surface area contributed by atoms with Gasteiger partial charge in [0, 0.05) is 32.2 Å². The summed E-state index contributed by atoms with van der Waals surface area (Å²) in [7, 11) is 2.80. The Morgan fingerprint density at radius 2 is 1.95 bits per heavy atom. The zero-order valence-corrected chi connectivity index (χ0v) is 12.3. The van der Waals surface area contributed by atoms with Crippen molar-refractivity contribution in [3.8, 4) is 0 Å². The standard InChI is InChI=1S/C14H18F3N3O2/c1-18-7-6-12(21)19-11-5-3-4-10(8-11)9-20(2)13(22)14(15,16)17/h3-5,8,18H,6-7,9H2,1-2H3,(H,19,21). The highest BCUT2D eigenvalue weighted by Crippen LogP contribution is 2.19. The number of amides is 2. The van der Waals surface area contributed by atoms with E-state index in [-0.39, 0.29) is 18.9 Å². The van der Waals surface area contributed by atoms with Crippen LogP contribution < -0.4 is 10.6 Å². The SMILES string of the molecule is CNCCC(=O)Nc1cccc(CN(C)C(=O)C(F)(F)F)c1. The first-order chi connectivity index (χ1) is 10.2. The second-order valence-corrected chi connectivity index (χ2v) is 4.76. The highest BCUT2D eigenvalue weighted by Gasteiger charge is 2.41. The molecule has 0 fully saturated rings. The number of anilines is 1. The number of nitrogens with zero attached hydrogens (tertiary/aromatic N) is 1. The summed E-state index contributed by atoms with van der Waals surface area (Å²) < 4.78 is 37.0. The minimum atomic E-state index is -4.90. The van der Waals surface area contributed by atoms with E-state index in [4.69, 9.17) is 0 Å². The first-order valence-corrected chi connectivity index (χ1v) is 6.59. The van der Waals surface area contributed by atoms with E-state index in [0.29, 0.717) is 22.7 Å². The number of nitrogens with one attached hydrogen (secondary N) is 2. The van der Waals surface area contributed by atoms with E-state index in [9.17, 15) is 22.8 Å². The maximum atomic E-state index is 12.3. The molecule has 0 spiro atoms. The van der Waals surface area contributed by atoms with Crippen LogP contribution in [0.15, 0.2) is 24.3 Å². The molecule has 2 amide bonds. The zero-order valence-electron chi connectivity index (χ0n) is 12.3. The Balaban J connectivity index is 2.68. The molecule has 0 unspecified atom stereocenters. The van der Waals surface area contributed by atoms with Crippen LogP contribution in [0.4, 0.5) is 18.9 Å². The van der Waals surface area contributed by atoms with Gasteiger partial charge in [-0.1, -0.05) is 12.1 Å². The summed E-state index contributed by atoms with van der Waals surface area (Å²) in [5.74, 6) is -2.11. The molecule has 0 saturated heterocycles. The Kier molecular flexibility index (Phi) is 6.36. The summed E-state index contributed by atoms with van der Waals surface area (Å²) in [4.78, 5) is 23.2. The number of halogens is 3. The Labute approximate surface area is 126 Å². The summed E-state index contributed by atoms with van der Waals surface area (Å²) in [5, 5.41) is 5.48. The topological polar surface area (TPSA) is 61.4 Å². The molecule has 0 heterocycles. The number of carbonyl (C=O) groups is 2. The number of benzene rings is 1. The summed E-state index contributed by atoms with van der Waals surface area (Å²) in [6.45, 7) is 0.326. The van der Waals surface area contributed by atoms with Gasteiger partial charge in [-0.2, -0.15) is 13.2 Å². The molecule has 0 aromatic heterocycles. The lowest BCUT2D eigenvalue weighted by atomic mass is 10.2. The molecule has 0 saturated carbocycles. The zero-order chi connectivity index (χ0) is 16.8. The minimum absolute atomic E-state index is 0.196. The normalized spacial score (nSPS) is 11.1. The maximum Gasteiger partial charge on any atom is 0.471 e. The van der Waals surface area contributed by atoms with Gasteiger partial charge in [0.05, 0.1) is 0 Å². The third-order valence-corrected chi connectivity index (χ3v) is 2.82. The fourth-order valence-corrected chi connectivity index (χ4v) is 1.77. The van der Waals surface area contributed by atoms with Crippen LogP contribution in [-0.4, -0.2) is 43.5 Å². The summed E-state index contributed by atoms with van der Waals surface area (Å²) >= 11 is 0. The summed E-state index contributed by atoms with van der Waals surface area (Å²) in [6.07, 6.45) is -4.61. The third kappa shape index (κ3) is 5.72. The second-order valence-electron chi connectivity index (χ2n) is 4.76. The van der Waals surface area contributed by atoms with Gasteiger partial charge < -0.3 is 15.5 Å². The fourth-order valence-electron chi connectivity index (χ4n) is 1.77. The van der Waals surface area contributed by atoms with Crippen molar-refractivity contribution >= 4 is 17.5 Å². The molecule has 1 rings (SSSR count). The van der Waals surface area contributed by atoms with Crippen LogP contribution in [0.1, 0.15) is 12.0 Å². The van der Waals surface area contributed by atoms with Crippen LogP contribution in [-0.2, 0) is 16.1 Å². The van der Waals surface area contributed by atoms with Crippen molar-refractivity contribution in [1.29, 1.82) is 0 Å². The molecule has 0 atom stereocenters. The first-order valence-electron chi connectivity index (χ1n) is 6.59. The highest BCUT2D eigenvalue weighted by atomic mass is 19.4. The predicted molar refractivity (Wildman–Crippen MR) is 76.1 cm³/mol. The van der Waals surface area contributed by atoms with E-state index < -0.39 is 12.1 Å². The van der Waals surface area contributed by atoms with Crippen LogP contribution in [0.25, 0.3) is 0 Å². The van der Waals surface area contributed by atoms with Crippen LogP contribution in [0.2, 0.25) is 0 Å².